The zero-order valence-corrected chi connectivity index (χ0v) is 22.2. The topological polar surface area (TPSA) is 35.0 Å². The Kier molecular flexibility index (Phi) is 9.90. The molecule has 1 aromatic heterocycles. The summed E-state index contributed by atoms with van der Waals surface area (Å²) in [4.78, 5) is 9.05. The summed E-state index contributed by atoms with van der Waals surface area (Å²) in [6.45, 7) is 0.885. The number of benzene rings is 3. The molecule has 0 radical (unpaired) electrons. The van der Waals surface area contributed by atoms with E-state index in [9.17, 15) is 13.2 Å². The van der Waals surface area contributed by atoms with Crippen LogP contribution in [0.2, 0.25) is 0 Å². The number of rotatable bonds is 13. The highest BCUT2D eigenvalue weighted by atomic mass is 19.4. The van der Waals surface area contributed by atoms with E-state index in [0.717, 1.165) is 41.6 Å². The molecule has 39 heavy (non-hydrogen) atoms. The molecule has 0 spiro atoms. The minimum Gasteiger partial charge on any atom is -0.484 e. The van der Waals surface area contributed by atoms with Gasteiger partial charge >= 0.3 is 6.18 Å². The zero-order valence-electron chi connectivity index (χ0n) is 22.2. The third-order valence-electron chi connectivity index (χ3n) is 6.82. The minimum atomic E-state index is -4.37. The molecule has 4 rings (SSSR count). The molecule has 4 aromatic rings. The molecule has 3 aromatic carbocycles. The van der Waals surface area contributed by atoms with Crippen molar-refractivity contribution in [2.24, 2.45) is 0 Å². The van der Waals surface area contributed by atoms with Crippen LogP contribution in [0.4, 0.5) is 17.6 Å². The fraction of sp³-hybridized carbons (Fsp3) is 0.375. The molecular weight excluding hydrogens is 504 g/mol. The highest BCUT2D eigenvalue weighted by Crippen LogP contribution is 2.25. The first kappa shape index (κ1) is 28.5. The second kappa shape index (κ2) is 13.5. The fourth-order valence-electron chi connectivity index (χ4n) is 4.58. The molecule has 0 aliphatic heterocycles. The third kappa shape index (κ3) is 8.77. The molecule has 0 aliphatic rings. The summed E-state index contributed by atoms with van der Waals surface area (Å²) in [7, 11) is 0. The third-order valence-corrected chi connectivity index (χ3v) is 6.82. The monoisotopic (exact) mass is 538 g/mol. The second-order valence-electron chi connectivity index (χ2n) is 9.96. The maximum Gasteiger partial charge on any atom is 0.422 e. The summed E-state index contributed by atoms with van der Waals surface area (Å²) < 4.78 is 56.9. The Morgan fingerprint density at radius 1 is 0.718 bits per heavy atom. The van der Waals surface area contributed by atoms with Gasteiger partial charge in [-0.3, -0.25) is 0 Å². The number of alkyl halides is 3. The molecule has 0 saturated carbocycles. The fourth-order valence-corrected chi connectivity index (χ4v) is 4.58. The minimum absolute atomic E-state index is 0.158. The lowest BCUT2D eigenvalue weighted by Gasteiger charge is -2.10. The SMILES string of the molecule is CCCCCCc1cnc(CCc2ccc3c(F)c(CCc4ccc(OCC(F)(F)F)cc4)ccc3c2)nc1. The highest BCUT2D eigenvalue weighted by Gasteiger charge is 2.28. The van der Waals surface area contributed by atoms with Crippen LogP contribution in [-0.4, -0.2) is 22.8 Å². The van der Waals surface area contributed by atoms with Crippen molar-refractivity contribution in [2.45, 2.75) is 70.9 Å². The summed E-state index contributed by atoms with van der Waals surface area (Å²) in [5.41, 5.74) is 3.79. The van der Waals surface area contributed by atoms with Gasteiger partial charge in [-0.2, -0.15) is 13.2 Å². The molecule has 0 bridgehead atoms. The van der Waals surface area contributed by atoms with Gasteiger partial charge in [0.25, 0.3) is 0 Å². The standard InChI is InChI=1S/C32H34F4N2O/c1-2-3-4-5-6-25-20-37-30(38-21-25)18-11-24-10-17-29-27(19-24)14-13-26(31(29)33)12-7-23-8-15-28(16-9-23)39-22-32(34,35)36/h8-10,13-17,19-21H,2-7,11-12,18,22H2,1H3. The van der Waals surface area contributed by atoms with Crippen molar-refractivity contribution in [1.82, 2.24) is 9.97 Å². The van der Waals surface area contributed by atoms with Crippen molar-refractivity contribution < 1.29 is 22.3 Å². The van der Waals surface area contributed by atoms with E-state index in [2.05, 4.69) is 16.9 Å². The Hall–Kier alpha value is -3.48. The lowest BCUT2D eigenvalue weighted by molar-refractivity contribution is -0.153. The van der Waals surface area contributed by atoms with Crippen molar-refractivity contribution in [3.63, 3.8) is 0 Å². The largest absolute Gasteiger partial charge is 0.484 e. The molecule has 0 unspecified atom stereocenters. The van der Waals surface area contributed by atoms with Gasteiger partial charge in [-0.25, -0.2) is 14.4 Å². The predicted molar refractivity (Wildman–Crippen MR) is 147 cm³/mol. The van der Waals surface area contributed by atoms with E-state index >= 15 is 4.39 Å². The van der Waals surface area contributed by atoms with E-state index in [-0.39, 0.29) is 11.6 Å². The molecule has 0 saturated heterocycles. The summed E-state index contributed by atoms with van der Waals surface area (Å²) >= 11 is 0. The van der Waals surface area contributed by atoms with Crippen LogP contribution in [-0.2, 0) is 32.1 Å². The highest BCUT2D eigenvalue weighted by molar-refractivity contribution is 5.84. The van der Waals surface area contributed by atoms with Crippen molar-refractivity contribution in [1.29, 1.82) is 0 Å². The van der Waals surface area contributed by atoms with Crippen LogP contribution in [0, 0.1) is 5.82 Å². The molecule has 0 atom stereocenters. The molecule has 1 heterocycles. The van der Waals surface area contributed by atoms with Gasteiger partial charge in [0.1, 0.15) is 17.4 Å². The van der Waals surface area contributed by atoms with Crippen molar-refractivity contribution in [3.05, 3.63) is 101 Å². The summed E-state index contributed by atoms with van der Waals surface area (Å²) in [6, 6.07) is 16.0. The van der Waals surface area contributed by atoms with E-state index < -0.39 is 12.8 Å². The maximum absolute atomic E-state index is 15.3. The van der Waals surface area contributed by atoms with E-state index in [0.29, 0.717) is 23.8 Å². The van der Waals surface area contributed by atoms with Crippen LogP contribution in [0.15, 0.2) is 67.0 Å². The number of aryl methyl sites for hydroxylation is 5. The average Bonchev–Trinajstić information content (AvgIpc) is 2.93. The lowest BCUT2D eigenvalue weighted by atomic mass is 9.98. The van der Waals surface area contributed by atoms with Gasteiger partial charge in [-0.05, 0) is 71.9 Å². The molecule has 0 amide bonds. The summed E-state index contributed by atoms with van der Waals surface area (Å²) in [5.74, 6) is 0.737. The normalized spacial score (nSPS) is 11.7. The Labute approximate surface area is 227 Å². The molecule has 206 valence electrons. The van der Waals surface area contributed by atoms with E-state index in [1.54, 1.807) is 12.1 Å². The van der Waals surface area contributed by atoms with Crippen LogP contribution in [0.5, 0.6) is 5.75 Å². The number of aromatic nitrogens is 2. The smallest absolute Gasteiger partial charge is 0.422 e. The lowest BCUT2D eigenvalue weighted by Crippen LogP contribution is -2.19. The van der Waals surface area contributed by atoms with Crippen LogP contribution in [0.25, 0.3) is 10.8 Å². The van der Waals surface area contributed by atoms with Crippen molar-refractivity contribution in [3.8, 4) is 5.75 Å². The average molecular weight is 539 g/mol. The van der Waals surface area contributed by atoms with Gasteiger partial charge in [0.2, 0.25) is 0 Å². The van der Waals surface area contributed by atoms with E-state index in [1.165, 1.54) is 43.4 Å². The number of nitrogens with zero attached hydrogens (tertiary/aromatic N) is 2. The van der Waals surface area contributed by atoms with Gasteiger partial charge in [-0.1, -0.05) is 68.7 Å². The first-order chi connectivity index (χ1) is 18.8. The number of fused-ring (bicyclic) bond motifs is 1. The number of hydrogen-bond donors (Lipinski definition) is 0. The number of unbranched alkanes of at least 4 members (excludes halogenated alkanes) is 3. The molecule has 0 N–H and O–H groups in total. The molecule has 7 heteroatoms. The summed E-state index contributed by atoms with van der Waals surface area (Å²) in [6.07, 6.45) is 7.96. The van der Waals surface area contributed by atoms with Crippen molar-refractivity contribution in [2.75, 3.05) is 6.61 Å². The van der Waals surface area contributed by atoms with Gasteiger partial charge < -0.3 is 4.74 Å². The number of ether oxygens (including phenoxy) is 1. The Bertz CT molecular complexity index is 1340. The molecule has 3 nitrogen and oxygen atoms in total. The quantitative estimate of drug-likeness (QED) is 0.127. The Morgan fingerprint density at radius 3 is 2.15 bits per heavy atom. The van der Waals surface area contributed by atoms with Gasteiger partial charge in [-0.15, -0.1) is 0 Å². The first-order valence-corrected chi connectivity index (χ1v) is 13.6. The van der Waals surface area contributed by atoms with Crippen LogP contribution < -0.4 is 4.74 Å². The van der Waals surface area contributed by atoms with Crippen LogP contribution in [0.1, 0.15) is 60.7 Å². The zero-order chi connectivity index (χ0) is 27.7. The van der Waals surface area contributed by atoms with Crippen LogP contribution in [0.3, 0.4) is 0 Å². The molecule has 0 aliphatic carbocycles. The predicted octanol–water partition coefficient (Wildman–Crippen LogP) is 8.40. The molecule has 0 fully saturated rings. The van der Waals surface area contributed by atoms with E-state index in [4.69, 9.17) is 4.74 Å². The summed E-state index contributed by atoms with van der Waals surface area (Å²) in [5, 5.41) is 1.43. The number of halogens is 4. The Morgan fingerprint density at radius 2 is 1.44 bits per heavy atom. The van der Waals surface area contributed by atoms with E-state index in [1.807, 2.05) is 42.7 Å². The van der Waals surface area contributed by atoms with Crippen molar-refractivity contribution >= 4 is 10.8 Å². The van der Waals surface area contributed by atoms with Gasteiger partial charge in [0.15, 0.2) is 6.61 Å². The molecular formula is C32H34F4N2O. The Balaban J connectivity index is 1.31. The van der Waals surface area contributed by atoms with Crippen LogP contribution >= 0.6 is 0 Å². The second-order valence-corrected chi connectivity index (χ2v) is 9.96. The maximum atomic E-state index is 15.3. The van der Waals surface area contributed by atoms with Gasteiger partial charge in [0, 0.05) is 24.2 Å². The van der Waals surface area contributed by atoms with Gasteiger partial charge in [0.05, 0.1) is 0 Å². The first-order valence-electron chi connectivity index (χ1n) is 13.6. The number of hydrogen-bond acceptors (Lipinski definition) is 3.